The number of rotatable bonds is 3. The van der Waals surface area contributed by atoms with Gasteiger partial charge in [0.05, 0.1) is 0 Å². The Morgan fingerprint density at radius 1 is 0.733 bits per heavy atom. The molecule has 0 aliphatic carbocycles. The van der Waals surface area contributed by atoms with E-state index in [1.54, 1.807) is 0 Å². The fourth-order valence-corrected chi connectivity index (χ4v) is 1.54. The van der Waals surface area contributed by atoms with Crippen LogP contribution < -0.4 is 0 Å². The monoisotopic (exact) mass is 198 g/mol. The Morgan fingerprint density at radius 2 is 1.33 bits per heavy atom. The molecule has 1 rings (SSSR count). The highest BCUT2D eigenvalue weighted by Gasteiger charge is 1.96. The van der Waals surface area contributed by atoms with Crippen LogP contribution in [0.5, 0.6) is 0 Å². The summed E-state index contributed by atoms with van der Waals surface area (Å²) in [6.07, 6.45) is 12.6. The van der Waals surface area contributed by atoms with Crippen molar-refractivity contribution in [2.24, 2.45) is 0 Å². The van der Waals surface area contributed by atoms with Crippen LogP contribution in [0.2, 0.25) is 0 Å². The van der Waals surface area contributed by atoms with E-state index in [0.717, 1.165) is 0 Å². The molecule has 0 atom stereocenters. The Bertz CT molecular complexity index is 392. The number of allylic oxidation sites excluding steroid dienone is 3. The zero-order chi connectivity index (χ0) is 11.1. The van der Waals surface area contributed by atoms with Crippen LogP contribution in [0.4, 0.5) is 0 Å². The third-order valence-electron chi connectivity index (χ3n) is 2.16. The molecule has 1 aromatic carbocycles. The molecule has 0 amide bonds. The highest BCUT2D eigenvalue weighted by Crippen LogP contribution is 2.16. The van der Waals surface area contributed by atoms with Gasteiger partial charge in [-0.2, -0.15) is 0 Å². The molecule has 0 aliphatic heterocycles. The maximum absolute atomic E-state index is 2.20. The average Bonchev–Trinajstić information content (AvgIpc) is 2.23. The summed E-state index contributed by atoms with van der Waals surface area (Å²) in [7, 11) is 0. The molecule has 0 saturated heterocycles. The minimum absolute atomic E-state index is 1.25. The first kappa shape index (κ1) is 11.5. The standard InChI is InChI=1S/C15H18/c1-4-7-13-10-11-14(8-5-2)15(12-13)9-6-3/h4-12H,1-3H3/b7-4-,8-5-,9-6-. The maximum Gasteiger partial charge on any atom is -0.0181 e. The van der Waals surface area contributed by atoms with E-state index in [1.165, 1.54) is 16.7 Å². The molecule has 0 saturated carbocycles. The van der Waals surface area contributed by atoms with Gasteiger partial charge >= 0.3 is 0 Å². The summed E-state index contributed by atoms with van der Waals surface area (Å²) < 4.78 is 0. The second-order valence-electron chi connectivity index (χ2n) is 3.39. The first-order valence-corrected chi connectivity index (χ1v) is 5.34. The molecule has 0 aromatic heterocycles. The van der Waals surface area contributed by atoms with E-state index in [2.05, 4.69) is 54.7 Å². The Balaban J connectivity index is 3.19. The smallest absolute Gasteiger partial charge is 0.0181 e. The summed E-state index contributed by atoms with van der Waals surface area (Å²) >= 11 is 0. The van der Waals surface area contributed by atoms with Crippen LogP contribution in [0.15, 0.2) is 36.4 Å². The molecule has 0 N–H and O–H groups in total. The van der Waals surface area contributed by atoms with Crippen molar-refractivity contribution in [3.05, 3.63) is 53.1 Å². The Labute approximate surface area is 92.6 Å². The lowest BCUT2D eigenvalue weighted by molar-refractivity contribution is 1.56. The molecule has 0 aliphatic rings. The average molecular weight is 198 g/mol. The summed E-state index contributed by atoms with van der Waals surface area (Å²) in [5.41, 5.74) is 3.79. The van der Waals surface area contributed by atoms with Crippen LogP contribution in [0.25, 0.3) is 18.2 Å². The Kier molecular flexibility index (Phi) is 4.62. The second kappa shape index (κ2) is 6.02. The van der Waals surface area contributed by atoms with Crippen molar-refractivity contribution in [3.63, 3.8) is 0 Å². The van der Waals surface area contributed by atoms with Gasteiger partial charge in [-0.25, -0.2) is 0 Å². The minimum atomic E-state index is 1.25. The molecule has 0 heterocycles. The quantitative estimate of drug-likeness (QED) is 0.655. The van der Waals surface area contributed by atoms with Gasteiger partial charge in [-0.1, -0.05) is 48.6 Å². The van der Waals surface area contributed by atoms with Crippen LogP contribution in [0.3, 0.4) is 0 Å². The van der Waals surface area contributed by atoms with Crippen molar-refractivity contribution >= 4 is 18.2 Å². The van der Waals surface area contributed by atoms with Crippen LogP contribution in [-0.2, 0) is 0 Å². The van der Waals surface area contributed by atoms with Gasteiger partial charge in [0.15, 0.2) is 0 Å². The molecular weight excluding hydrogens is 180 g/mol. The van der Waals surface area contributed by atoms with Crippen molar-refractivity contribution in [1.82, 2.24) is 0 Å². The SMILES string of the molecule is C/C=C\c1ccc(/C=C\C)c(/C=C\C)c1. The van der Waals surface area contributed by atoms with Crippen molar-refractivity contribution < 1.29 is 0 Å². The summed E-state index contributed by atoms with van der Waals surface area (Å²) in [6.45, 7) is 6.12. The summed E-state index contributed by atoms with van der Waals surface area (Å²) in [6, 6.07) is 6.50. The molecule has 78 valence electrons. The predicted octanol–water partition coefficient (Wildman–Crippen LogP) is 4.79. The third-order valence-corrected chi connectivity index (χ3v) is 2.16. The third kappa shape index (κ3) is 3.25. The van der Waals surface area contributed by atoms with E-state index in [1.807, 2.05) is 20.8 Å². The molecular formula is C15H18. The zero-order valence-electron chi connectivity index (χ0n) is 9.70. The first-order chi connectivity index (χ1) is 7.31. The van der Waals surface area contributed by atoms with Gasteiger partial charge < -0.3 is 0 Å². The predicted molar refractivity (Wildman–Crippen MR) is 70.6 cm³/mol. The Morgan fingerprint density at radius 3 is 1.93 bits per heavy atom. The van der Waals surface area contributed by atoms with E-state index < -0.39 is 0 Å². The molecule has 0 unspecified atom stereocenters. The molecule has 0 spiro atoms. The molecule has 1 aromatic rings. The summed E-state index contributed by atoms with van der Waals surface area (Å²) in [5.74, 6) is 0. The van der Waals surface area contributed by atoms with E-state index in [9.17, 15) is 0 Å². The van der Waals surface area contributed by atoms with Gasteiger partial charge in [-0.15, -0.1) is 0 Å². The summed E-state index contributed by atoms with van der Waals surface area (Å²) in [5, 5.41) is 0. The lowest BCUT2D eigenvalue weighted by Crippen LogP contribution is -1.82. The fraction of sp³-hybridized carbons (Fsp3) is 0.200. The van der Waals surface area contributed by atoms with Crippen LogP contribution in [0.1, 0.15) is 37.5 Å². The Hall–Kier alpha value is -1.56. The first-order valence-electron chi connectivity index (χ1n) is 5.34. The number of hydrogen-bond donors (Lipinski definition) is 0. The van der Waals surface area contributed by atoms with Gasteiger partial charge in [0.25, 0.3) is 0 Å². The van der Waals surface area contributed by atoms with Gasteiger partial charge in [0, 0.05) is 0 Å². The van der Waals surface area contributed by atoms with E-state index in [0.29, 0.717) is 0 Å². The van der Waals surface area contributed by atoms with Gasteiger partial charge in [-0.3, -0.25) is 0 Å². The maximum atomic E-state index is 2.20. The summed E-state index contributed by atoms with van der Waals surface area (Å²) in [4.78, 5) is 0. The van der Waals surface area contributed by atoms with Crippen LogP contribution in [-0.4, -0.2) is 0 Å². The number of benzene rings is 1. The lowest BCUT2D eigenvalue weighted by Gasteiger charge is -2.02. The highest BCUT2D eigenvalue weighted by molar-refractivity contribution is 5.68. The van der Waals surface area contributed by atoms with Crippen molar-refractivity contribution in [3.8, 4) is 0 Å². The second-order valence-corrected chi connectivity index (χ2v) is 3.39. The normalized spacial score (nSPS) is 12.2. The zero-order valence-corrected chi connectivity index (χ0v) is 9.70. The molecule has 15 heavy (non-hydrogen) atoms. The highest BCUT2D eigenvalue weighted by atomic mass is 14.0. The van der Waals surface area contributed by atoms with E-state index in [-0.39, 0.29) is 0 Å². The van der Waals surface area contributed by atoms with Crippen molar-refractivity contribution in [2.75, 3.05) is 0 Å². The molecule has 0 heteroatoms. The van der Waals surface area contributed by atoms with Gasteiger partial charge in [0.1, 0.15) is 0 Å². The van der Waals surface area contributed by atoms with Crippen LogP contribution in [0, 0.1) is 0 Å². The molecule has 0 fully saturated rings. The molecule has 0 nitrogen and oxygen atoms in total. The molecule has 0 bridgehead atoms. The molecule has 0 radical (unpaired) electrons. The number of hydrogen-bond acceptors (Lipinski definition) is 0. The van der Waals surface area contributed by atoms with Crippen molar-refractivity contribution in [2.45, 2.75) is 20.8 Å². The largest absolute Gasteiger partial charge is 0.0871 e. The van der Waals surface area contributed by atoms with Gasteiger partial charge in [-0.05, 0) is 43.5 Å². The fourth-order valence-electron chi connectivity index (χ4n) is 1.54. The van der Waals surface area contributed by atoms with E-state index >= 15 is 0 Å². The van der Waals surface area contributed by atoms with E-state index in [4.69, 9.17) is 0 Å². The minimum Gasteiger partial charge on any atom is -0.0871 e. The lowest BCUT2D eigenvalue weighted by atomic mass is 10.0. The topological polar surface area (TPSA) is 0 Å². The van der Waals surface area contributed by atoms with Crippen LogP contribution >= 0.6 is 0 Å². The van der Waals surface area contributed by atoms with Gasteiger partial charge in [0.2, 0.25) is 0 Å². The van der Waals surface area contributed by atoms with Crippen molar-refractivity contribution in [1.29, 1.82) is 0 Å².